The molecule has 0 radical (unpaired) electrons. The molecular formula is C34H30N2O7S2. The number of anilines is 2. The Kier molecular flexibility index (Phi) is 6.45. The van der Waals surface area contributed by atoms with Gasteiger partial charge in [-0.15, -0.1) is 23.5 Å². The maximum absolute atomic E-state index is 14.7. The standard InChI is InChI=1S/C34H30N2O7S2/c1-12-7-14-19-22-20(15(8-37)17-10-44-11-36-28(17)26(22)30(40)32(14)42-3)21-16(9-38)34-29(35-5-6-45-34)27-24(21)23(19)25(18(12)13(2)39)33(43-4)31(27)41/h35-38H,5-11H2,1-4H3. The number of ether oxygens (including phenoxy) is 2. The molecule has 5 aromatic carbocycles. The van der Waals surface area contributed by atoms with E-state index in [9.17, 15) is 24.6 Å². The van der Waals surface area contributed by atoms with Crippen molar-refractivity contribution in [1.29, 1.82) is 0 Å². The number of hydrogen-bond donors (Lipinski definition) is 4. The van der Waals surface area contributed by atoms with Gasteiger partial charge in [-0.25, -0.2) is 0 Å². The Morgan fingerprint density at radius 1 is 0.822 bits per heavy atom. The summed E-state index contributed by atoms with van der Waals surface area (Å²) in [6.45, 7) is 3.30. The predicted molar refractivity (Wildman–Crippen MR) is 182 cm³/mol. The number of carbonyl (C=O) groups is 1. The lowest BCUT2D eigenvalue weighted by molar-refractivity contribution is -0.111. The normalized spacial score (nSPS) is 15.9. The van der Waals surface area contributed by atoms with Crippen LogP contribution >= 0.6 is 23.5 Å². The van der Waals surface area contributed by atoms with Crippen LogP contribution in [0.2, 0.25) is 0 Å². The Labute approximate surface area is 265 Å². The van der Waals surface area contributed by atoms with Crippen LogP contribution in [0.5, 0.6) is 11.5 Å². The minimum absolute atomic E-state index is 0.0637. The van der Waals surface area contributed by atoms with Gasteiger partial charge in [0.25, 0.3) is 0 Å². The fraction of sp³-hybridized carbons (Fsp3) is 0.324. The average Bonchev–Trinajstić information content (AvgIpc) is 3.17. The number of aliphatic hydroxyl groups is 2. The van der Waals surface area contributed by atoms with Crippen LogP contribution in [0.3, 0.4) is 0 Å². The summed E-state index contributed by atoms with van der Waals surface area (Å²) in [5.41, 5.74) is 4.84. The van der Waals surface area contributed by atoms with Crippen molar-refractivity contribution >= 4 is 89.3 Å². The molecule has 0 aromatic heterocycles. The van der Waals surface area contributed by atoms with E-state index in [1.807, 2.05) is 6.92 Å². The molecule has 0 fully saturated rings. The highest BCUT2D eigenvalue weighted by Crippen LogP contribution is 2.56. The van der Waals surface area contributed by atoms with E-state index in [0.29, 0.717) is 106 Å². The van der Waals surface area contributed by atoms with Gasteiger partial charge in [-0.2, -0.15) is 0 Å². The van der Waals surface area contributed by atoms with Crippen molar-refractivity contribution in [2.45, 2.75) is 44.1 Å². The van der Waals surface area contributed by atoms with Crippen LogP contribution in [0.25, 0.3) is 48.7 Å². The summed E-state index contributed by atoms with van der Waals surface area (Å²) < 4.78 is 11.8. The topological polar surface area (TPSA) is 134 Å². The Bertz CT molecular complexity index is 2330. The quantitative estimate of drug-likeness (QED) is 0.153. The van der Waals surface area contributed by atoms with E-state index in [-0.39, 0.29) is 47.8 Å². The number of fused-ring (bicyclic) bond motifs is 5. The van der Waals surface area contributed by atoms with Gasteiger partial charge in [-0.05, 0) is 47.6 Å². The number of Topliss-reactive ketones (excluding diaryl/α,β-unsaturated/α-hetero) is 1. The first-order valence-corrected chi connectivity index (χ1v) is 16.9. The maximum atomic E-state index is 14.7. The van der Waals surface area contributed by atoms with Crippen LogP contribution in [-0.2, 0) is 30.2 Å². The number of nitrogens with one attached hydrogen (secondary N) is 2. The van der Waals surface area contributed by atoms with Gasteiger partial charge in [0.15, 0.2) is 17.3 Å². The number of allylic oxidation sites excluding steroid dienone is 2. The van der Waals surface area contributed by atoms with Crippen molar-refractivity contribution in [3.8, 4) is 11.5 Å². The fourth-order valence-electron chi connectivity index (χ4n) is 8.12. The number of ketones is 1. The van der Waals surface area contributed by atoms with E-state index in [1.165, 1.54) is 21.1 Å². The first kappa shape index (κ1) is 28.7. The summed E-state index contributed by atoms with van der Waals surface area (Å²) >= 11 is 3.21. The first-order chi connectivity index (χ1) is 21.8. The molecule has 4 N–H and O–H groups in total. The second-order valence-corrected chi connectivity index (χ2v) is 13.8. The van der Waals surface area contributed by atoms with Gasteiger partial charge in [0.2, 0.25) is 10.9 Å². The van der Waals surface area contributed by atoms with Crippen LogP contribution in [0.15, 0.2) is 20.1 Å². The molecular weight excluding hydrogens is 613 g/mol. The third-order valence-corrected chi connectivity index (χ3v) is 11.6. The van der Waals surface area contributed by atoms with E-state index < -0.39 is 0 Å². The molecule has 8 rings (SSSR count). The summed E-state index contributed by atoms with van der Waals surface area (Å²) in [4.78, 5) is 43.5. The highest BCUT2D eigenvalue weighted by Gasteiger charge is 2.37. The summed E-state index contributed by atoms with van der Waals surface area (Å²) in [5.74, 6) is 1.91. The van der Waals surface area contributed by atoms with Crippen LogP contribution in [-0.4, -0.2) is 48.4 Å². The molecule has 9 nitrogen and oxygen atoms in total. The second kappa shape index (κ2) is 10.1. The Balaban J connectivity index is 1.88. The van der Waals surface area contributed by atoms with Gasteiger partial charge in [0, 0.05) is 61.4 Å². The zero-order valence-electron chi connectivity index (χ0n) is 25.2. The molecule has 0 saturated heterocycles. The van der Waals surface area contributed by atoms with Crippen molar-refractivity contribution in [2.75, 3.05) is 43.0 Å². The molecule has 5 aromatic rings. The number of rotatable bonds is 5. The zero-order valence-corrected chi connectivity index (χ0v) is 26.8. The third kappa shape index (κ3) is 3.47. The summed E-state index contributed by atoms with van der Waals surface area (Å²) in [7, 11) is 2.92. The van der Waals surface area contributed by atoms with Crippen molar-refractivity contribution in [2.24, 2.45) is 0 Å². The number of methoxy groups -OCH3 is 2. The highest BCUT2D eigenvalue weighted by atomic mass is 32.2. The van der Waals surface area contributed by atoms with Crippen molar-refractivity contribution in [3.63, 3.8) is 0 Å². The van der Waals surface area contributed by atoms with E-state index in [1.54, 1.807) is 23.5 Å². The van der Waals surface area contributed by atoms with Gasteiger partial charge in [0.1, 0.15) is 0 Å². The number of hydrogen-bond acceptors (Lipinski definition) is 11. The fourth-order valence-corrected chi connectivity index (χ4v) is 10.1. The number of thioether (sulfide) groups is 2. The second-order valence-electron chi connectivity index (χ2n) is 11.7. The summed E-state index contributed by atoms with van der Waals surface area (Å²) in [6.07, 6.45) is 0.238. The average molecular weight is 643 g/mol. The third-order valence-electron chi connectivity index (χ3n) is 9.63. The molecule has 3 aliphatic rings. The molecule has 0 saturated carbocycles. The lowest BCUT2D eigenvalue weighted by atomic mass is 9.79. The highest BCUT2D eigenvalue weighted by molar-refractivity contribution is 7.99. The van der Waals surface area contributed by atoms with Crippen molar-refractivity contribution < 1.29 is 24.5 Å². The molecule has 1 aliphatic carbocycles. The largest absolute Gasteiger partial charge is 0.492 e. The Morgan fingerprint density at radius 3 is 2.18 bits per heavy atom. The smallest absolute Gasteiger partial charge is 0.230 e. The summed E-state index contributed by atoms with van der Waals surface area (Å²) in [6, 6.07) is 0. The van der Waals surface area contributed by atoms with Crippen LogP contribution in [0.1, 0.15) is 41.7 Å². The molecule has 0 bridgehead atoms. The van der Waals surface area contributed by atoms with E-state index in [4.69, 9.17) is 9.47 Å². The predicted octanol–water partition coefficient (Wildman–Crippen LogP) is 4.95. The molecule has 45 heavy (non-hydrogen) atoms. The zero-order chi connectivity index (χ0) is 31.5. The Hall–Kier alpha value is -3.77. The maximum Gasteiger partial charge on any atom is 0.230 e. The molecule has 0 amide bonds. The molecule has 11 heteroatoms. The van der Waals surface area contributed by atoms with Gasteiger partial charge in [-0.1, -0.05) is 5.57 Å². The minimum atomic E-state index is -0.355. The minimum Gasteiger partial charge on any atom is -0.492 e. The first-order valence-electron chi connectivity index (χ1n) is 14.8. The monoisotopic (exact) mass is 642 g/mol. The summed E-state index contributed by atoms with van der Waals surface area (Å²) in [5, 5.41) is 33.7. The van der Waals surface area contributed by atoms with Crippen LogP contribution in [0, 0.1) is 0 Å². The Morgan fingerprint density at radius 2 is 1.49 bits per heavy atom. The number of aliphatic hydroxyl groups excluding tert-OH is 2. The van der Waals surface area contributed by atoms with E-state index in [0.717, 1.165) is 16.2 Å². The number of carbonyl (C=O) groups excluding carboxylic acids is 1. The van der Waals surface area contributed by atoms with Gasteiger partial charge < -0.3 is 30.3 Å². The van der Waals surface area contributed by atoms with Gasteiger partial charge in [0.05, 0.1) is 55.5 Å². The molecule has 0 spiro atoms. The number of benzene rings is 5. The van der Waals surface area contributed by atoms with E-state index in [2.05, 4.69) is 10.6 Å². The van der Waals surface area contributed by atoms with E-state index >= 15 is 0 Å². The van der Waals surface area contributed by atoms with Crippen molar-refractivity contribution in [3.05, 3.63) is 53.8 Å². The molecule has 2 aliphatic heterocycles. The molecule has 230 valence electrons. The molecule has 0 unspecified atom stereocenters. The molecule has 0 atom stereocenters. The molecule has 2 heterocycles. The SMILES string of the molecule is COc1c2c3c4c(c(OC)c(=O)c5c6c(c(CO)c(c7c(CO)c8c(c(c1=O)c73)NCSC8)c54)SCCN6)C(C(C)=O)=C(C)C2. The lowest BCUT2D eigenvalue weighted by Crippen LogP contribution is -2.20. The lowest BCUT2D eigenvalue weighted by Gasteiger charge is -2.30. The van der Waals surface area contributed by atoms with Gasteiger partial charge >= 0.3 is 0 Å². The van der Waals surface area contributed by atoms with Gasteiger partial charge in [-0.3, -0.25) is 14.4 Å². The van der Waals surface area contributed by atoms with Crippen molar-refractivity contribution in [1.82, 2.24) is 0 Å². The van der Waals surface area contributed by atoms with Crippen LogP contribution in [0.4, 0.5) is 11.4 Å². The van der Waals surface area contributed by atoms with Crippen LogP contribution < -0.4 is 31.0 Å².